The number of amides is 1. The van der Waals surface area contributed by atoms with Gasteiger partial charge in [0.1, 0.15) is 16.2 Å². The Morgan fingerprint density at radius 1 is 1.15 bits per heavy atom. The van der Waals surface area contributed by atoms with E-state index in [1.807, 2.05) is 41.5 Å². The monoisotopic (exact) mass is 409 g/mol. The van der Waals surface area contributed by atoms with Gasteiger partial charge in [-0.3, -0.25) is 9.59 Å². The number of nitrogens with zero attached hydrogens (tertiary/aromatic N) is 3. The van der Waals surface area contributed by atoms with E-state index in [0.29, 0.717) is 0 Å². The van der Waals surface area contributed by atoms with E-state index in [2.05, 4.69) is 9.97 Å². The molecule has 0 fully saturated rings. The van der Waals surface area contributed by atoms with Crippen LogP contribution >= 0.6 is 23.1 Å². The van der Waals surface area contributed by atoms with Crippen LogP contribution in [-0.2, 0) is 14.3 Å². The first-order valence-electron chi connectivity index (χ1n) is 8.98. The van der Waals surface area contributed by atoms with Crippen LogP contribution in [0.1, 0.15) is 45.1 Å². The van der Waals surface area contributed by atoms with Gasteiger partial charge in [0.05, 0.1) is 5.75 Å². The number of ether oxygens (including phenoxy) is 1. The highest BCUT2D eigenvalue weighted by Gasteiger charge is 2.27. The van der Waals surface area contributed by atoms with E-state index >= 15 is 0 Å². The van der Waals surface area contributed by atoms with Gasteiger partial charge in [0.15, 0.2) is 6.10 Å². The summed E-state index contributed by atoms with van der Waals surface area (Å²) >= 11 is 2.94. The lowest BCUT2D eigenvalue weighted by atomic mass is 10.2. The summed E-state index contributed by atoms with van der Waals surface area (Å²) in [4.78, 5) is 37.3. The molecule has 0 radical (unpaired) electrons. The highest BCUT2D eigenvalue weighted by atomic mass is 32.2. The zero-order chi connectivity index (χ0) is 20.3. The van der Waals surface area contributed by atoms with Gasteiger partial charge in [-0.2, -0.15) is 0 Å². The predicted octanol–water partition coefficient (Wildman–Crippen LogP) is 3.98. The molecule has 1 amide bonds. The molecular weight excluding hydrogens is 382 g/mol. The van der Waals surface area contributed by atoms with Gasteiger partial charge in [-0.25, -0.2) is 9.97 Å². The standard InChI is InChI=1S/C19H27N3O3S2/c1-10(2)22(11(3)4)19(24)13(6)25-15(23)8-26-17-16-12(5)14(7)27-18(16)21-9-20-17/h9-11,13H,8H2,1-7H3/t13-/m0/s1. The fourth-order valence-corrected chi connectivity index (χ4v) is 4.88. The van der Waals surface area contributed by atoms with Gasteiger partial charge in [0, 0.05) is 22.3 Å². The molecular formula is C19H27N3O3S2. The van der Waals surface area contributed by atoms with Crippen LogP contribution in [0.25, 0.3) is 10.2 Å². The fraction of sp³-hybridized carbons (Fsp3) is 0.579. The molecule has 6 nitrogen and oxygen atoms in total. The Morgan fingerprint density at radius 2 is 1.78 bits per heavy atom. The third-order valence-electron chi connectivity index (χ3n) is 4.28. The number of carbonyl (C=O) groups excluding carboxylic acids is 2. The minimum Gasteiger partial charge on any atom is -0.452 e. The number of thiophene rings is 1. The van der Waals surface area contributed by atoms with E-state index in [9.17, 15) is 9.59 Å². The zero-order valence-corrected chi connectivity index (χ0v) is 18.5. The number of thioether (sulfide) groups is 1. The molecule has 0 unspecified atom stereocenters. The maximum Gasteiger partial charge on any atom is 0.317 e. The second-order valence-electron chi connectivity index (χ2n) is 7.00. The van der Waals surface area contributed by atoms with Crippen LogP contribution in [0.4, 0.5) is 0 Å². The molecule has 2 aromatic heterocycles. The van der Waals surface area contributed by atoms with Crippen LogP contribution in [0.3, 0.4) is 0 Å². The molecule has 0 spiro atoms. The van der Waals surface area contributed by atoms with Crippen molar-refractivity contribution in [2.75, 3.05) is 5.75 Å². The molecule has 0 aliphatic carbocycles. The summed E-state index contributed by atoms with van der Waals surface area (Å²) in [6.07, 6.45) is 0.708. The minimum atomic E-state index is -0.807. The predicted molar refractivity (Wildman–Crippen MR) is 110 cm³/mol. The van der Waals surface area contributed by atoms with Crippen molar-refractivity contribution < 1.29 is 14.3 Å². The average molecular weight is 410 g/mol. The number of esters is 1. The van der Waals surface area contributed by atoms with Crippen molar-refractivity contribution in [3.63, 3.8) is 0 Å². The molecule has 0 saturated heterocycles. The van der Waals surface area contributed by atoms with E-state index in [0.717, 1.165) is 20.8 Å². The Morgan fingerprint density at radius 3 is 2.37 bits per heavy atom. The number of rotatable bonds is 7. The van der Waals surface area contributed by atoms with Crippen molar-refractivity contribution >= 4 is 45.2 Å². The first kappa shape index (κ1) is 21.6. The molecule has 1 atom stereocenters. The molecule has 27 heavy (non-hydrogen) atoms. The van der Waals surface area contributed by atoms with Crippen molar-refractivity contribution in [2.24, 2.45) is 0 Å². The number of hydrogen-bond acceptors (Lipinski definition) is 7. The fourth-order valence-electron chi connectivity index (χ4n) is 2.98. The van der Waals surface area contributed by atoms with Crippen molar-refractivity contribution in [1.82, 2.24) is 14.9 Å². The molecule has 2 aromatic rings. The van der Waals surface area contributed by atoms with Crippen LogP contribution in [0.15, 0.2) is 11.4 Å². The molecule has 0 aliphatic rings. The summed E-state index contributed by atoms with van der Waals surface area (Å²) in [7, 11) is 0. The van der Waals surface area contributed by atoms with Gasteiger partial charge in [0.25, 0.3) is 5.91 Å². The molecule has 0 bridgehead atoms. The van der Waals surface area contributed by atoms with Gasteiger partial charge in [-0.1, -0.05) is 11.8 Å². The lowest BCUT2D eigenvalue weighted by Gasteiger charge is -2.32. The zero-order valence-electron chi connectivity index (χ0n) is 16.9. The molecule has 148 valence electrons. The highest BCUT2D eigenvalue weighted by molar-refractivity contribution is 8.00. The van der Waals surface area contributed by atoms with E-state index in [4.69, 9.17) is 4.74 Å². The number of hydrogen-bond donors (Lipinski definition) is 0. The Hall–Kier alpha value is -1.67. The Balaban J connectivity index is 2.01. The minimum absolute atomic E-state index is 0.0483. The summed E-state index contributed by atoms with van der Waals surface area (Å²) in [6, 6.07) is 0.0965. The summed E-state index contributed by atoms with van der Waals surface area (Å²) in [5, 5.41) is 1.76. The van der Waals surface area contributed by atoms with Crippen LogP contribution in [0.2, 0.25) is 0 Å². The van der Waals surface area contributed by atoms with Gasteiger partial charge in [-0.05, 0) is 54.0 Å². The largest absolute Gasteiger partial charge is 0.452 e. The molecule has 8 heteroatoms. The third-order valence-corrected chi connectivity index (χ3v) is 6.36. The topological polar surface area (TPSA) is 72.4 Å². The van der Waals surface area contributed by atoms with Crippen LogP contribution < -0.4 is 0 Å². The van der Waals surface area contributed by atoms with E-state index in [-0.39, 0.29) is 23.7 Å². The lowest BCUT2D eigenvalue weighted by Crippen LogP contribution is -2.47. The van der Waals surface area contributed by atoms with Crippen molar-refractivity contribution in [1.29, 1.82) is 0 Å². The summed E-state index contributed by atoms with van der Waals surface area (Å²) < 4.78 is 5.37. The molecule has 0 saturated carbocycles. The van der Waals surface area contributed by atoms with Gasteiger partial charge < -0.3 is 9.64 Å². The maximum atomic E-state index is 12.6. The molecule has 0 N–H and O–H groups in total. The SMILES string of the molecule is Cc1sc2ncnc(SCC(=O)O[C@@H](C)C(=O)N(C(C)C)C(C)C)c2c1C. The van der Waals surface area contributed by atoms with Crippen LogP contribution in [0.5, 0.6) is 0 Å². The molecule has 2 heterocycles. The van der Waals surface area contributed by atoms with E-state index in [1.165, 1.54) is 23.0 Å². The summed E-state index contributed by atoms with van der Waals surface area (Å²) in [5.41, 5.74) is 1.14. The Kier molecular flexibility index (Phi) is 7.22. The highest BCUT2D eigenvalue weighted by Crippen LogP contribution is 2.34. The van der Waals surface area contributed by atoms with E-state index in [1.54, 1.807) is 23.2 Å². The first-order valence-corrected chi connectivity index (χ1v) is 10.8. The lowest BCUT2D eigenvalue weighted by molar-refractivity contribution is -0.159. The molecule has 2 rings (SSSR count). The van der Waals surface area contributed by atoms with Crippen LogP contribution in [0, 0.1) is 13.8 Å². The van der Waals surface area contributed by atoms with Crippen molar-refractivity contribution in [3.8, 4) is 0 Å². The Labute approximate surface area is 168 Å². The third kappa shape index (κ3) is 4.99. The number of carbonyl (C=O) groups is 2. The molecule has 0 aliphatic heterocycles. The maximum absolute atomic E-state index is 12.6. The smallest absolute Gasteiger partial charge is 0.317 e. The summed E-state index contributed by atoms with van der Waals surface area (Å²) in [6.45, 7) is 13.5. The van der Waals surface area contributed by atoms with E-state index < -0.39 is 12.1 Å². The van der Waals surface area contributed by atoms with Gasteiger partial charge in [-0.15, -0.1) is 11.3 Å². The Bertz CT molecular complexity index is 825. The van der Waals surface area contributed by atoms with Gasteiger partial charge >= 0.3 is 5.97 Å². The summed E-state index contributed by atoms with van der Waals surface area (Å²) in [5.74, 6) is -0.502. The van der Waals surface area contributed by atoms with Gasteiger partial charge in [0.2, 0.25) is 0 Å². The number of aryl methyl sites for hydroxylation is 2. The molecule has 0 aromatic carbocycles. The second-order valence-corrected chi connectivity index (χ2v) is 9.16. The van der Waals surface area contributed by atoms with Crippen molar-refractivity contribution in [2.45, 2.75) is 71.7 Å². The first-order chi connectivity index (χ1) is 12.6. The van der Waals surface area contributed by atoms with Crippen LogP contribution in [-0.4, -0.2) is 50.7 Å². The number of fused-ring (bicyclic) bond motifs is 1. The quantitative estimate of drug-likeness (QED) is 0.391. The second kappa shape index (κ2) is 9.01. The number of aromatic nitrogens is 2. The average Bonchev–Trinajstić information content (AvgIpc) is 2.87. The normalized spacial score (nSPS) is 12.6. The van der Waals surface area contributed by atoms with Crippen molar-refractivity contribution in [3.05, 3.63) is 16.8 Å².